The molecule has 0 amide bonds. The molecular weight excluding hydrogens is 174 g/mol. The summed E-state index contributed by atoms with van der Waals surface area (Å²) in [6, 6.07) is 3.64. The topological polar surface area (TPSA) is 39.2 Å². The van der Waals surface area contributed by atoms with Gasteiger partial charge in [0.15, 0.2) is 5.22 Å². The summed E-state index contributed by atoms with van der Waals surface area (Å²) >= 11 is 5.66. The summed E-state index contributed by atoms with van der Waals surface area (Å²) < 4.78 is 5.28. The maximum absolute atomic E-state index is 5.66. The van der Waals surface area contributed by atoms with Crippen LogP contribution in [0.2, 0.25) is 5.22 Å². The quantitative estimate of drug-likeness (QED) is 0.790. The van der Waals surface area contributed by atoms with Gasteiger partial charge in [-0.3, -0.25) is 0 Å². The molecule has 0 saturated carbocycles. The Hall–Kier alpha value is -0.470. The Balaban J connectivity index is 2.80. The lowest BCUT2D eigenvalue weighted by molar-refractivity contribution is 0.401. The number of furan rings is 1. The Morgan fingerprint density at radius 2 is 2.17 bits per heavy atom. The van der Waals surface area contributed by atoms with Crippen molar-refractivity contribution in [1.82, 2.24) is 0 Å². The number of rotatable bonds is 3. The van der Waals surface area contributed by atoms with E-state index >= 15 is 0 Å². The van der Waals surface area contributed by atoms with Gasteiger partial charge in [0.2, 0.25) is 0 Å². The minimum absolute atomic E-state index is 0.275. The van der Waals surface area contributed by atoms with Crippen LogP contribution in [0.15, 0.2) is 16.5 Å². The van der Waals surface area contributed by atoms with Crippen LogP contribution in [0.3, 0.4) is 0 Å². The number of nitrogens with two attached hydrogens (primary N) is 1. The molecule has 0 fully saturated rings. The van der Waals surface area contributed by atoms with Gasteiger partial charge in [0.05, 0.1) is 0 Å². The second-order valence-electron chi connectivity index (χ2n) is 3.23. The summed E-state index contributed by atoms with van der Waals surface area (Å²) in [5.41, 5.74) is 5.61. The van der Waals surface area contributed by atoms with E-state index in [-0.39, 0.29) is 5.92 Å². The van der Waals surface area contributed by atoms with Gasteiger partial charge in [-0.2, -0.15) is 0 Å². The molecule has 0 bridgehead atoms. The van der Waals surface area contributed by atoms with E-state index in [1.807, 2.05) is 6.07 Å². The Morgan fingerprint density at radius 3 is 2.50 bits per heavy atom. The van der Waals surface area contributed by atoms with Crippen molar-refractivity contribution in [3.05, 3.63) is 23.1 Å². The Bertz CT molecular complexity index is 244. The molecule has 2 N–H and O–H groups in total. The molecule has 0 aliphatic carbocycles. The Labute approximate surface area is 77.7 Å². The van der Waals surface area contributed by atoms with E-state index in [2.05, 4.69) is 13.8 Å². The molecule has 1 heterocycles. The van der Waals surface area contributed by atoms with Crippen molar-refractivity contribution >= 4 is 11.6 Å². The van der Waals surface area contributed by atoms with Gasteiger partial charge in [-0.25, -0.2) is 0 Å². The standard InChI is InChI=1S/C9H14ClNO/c1-6(2)7(5-11)8-3-4-9(10)12-8/h3-4,6-7H,5,11H2,1-2H3. The molecule has 1 rings (SSSR count). The first kappa shape index (κ1) is 9.62. The van der Waals surface area contributed by atoms with Crippen LogP contribution in [0, 0.1) is 5.92 Å². The molecule has 1 aromatic rings. The maximum Gasteiger partial charge on any atom is 0.193 e. The third kappa shape index (κ3) is 2.02. The number of halogens is 1. The summed E-state index contributed by atoms with van der Waals surface area (Å²) in [6.07, 6.45) is 0. The molecule has 1 unspecified atom stereocenters. The van der Waals surface area contributed by atoms with Gasteiger partial charge >= 0.3 is 0 Å². The molecule has 2 nitrogen and oxygen atoms in total. The average Bonchev–Trinajstić information content (AvgIpc) is 2.37. The zero-order chi connectivity index (χ0) is 9.14. The van der Waals surface area contributed by atoms with Crippen LogP contribution < -0.4 is 5.73 Å². The molecule has 1 aromatic heterocycles. The highest BCUT2D eigenvalue weighted by molar-refractivity contribution is 6.28. The summed E-state index contributed by atoms with van der Waals surface area (Å²) in [4.78, 5) is 0. The van der Waals surface area contributed by atoms with E-state index in [1.54, 1.807) is 6.07 Å². The minimum Gasteiger partial charge on any atom is -0.449 e. The van der Waals surface area contributed by atoms with E-state index in [0.29, 0.717) is 17.7 Å². The molecular formula is C9H14ClNO. The van der Waals surface area contributed by atoms with Crippen molar-refractivity contribution in [2.24, 2.45) is 11.7 Å². The van der Waals surface area contributed by atoms with E-state index in [9.17, 15) is 0 Å². The monoisotopic (exact) mass is 187 g/mol. The van der Waals surface area contributed by atoms with Gasteiger partial charge in [0.25, 0.3) is 0 Å². The van der Waals surface area contributed by atoms with Gasteiger partial charge in [-0.1, -0.05) is 13.8 Å². The molecule has 0 saturated heterocycles. The van der Waals surface area contributed by atoms with Gasteiger partial charge in [0.1, 0.15) is 5.76 Å². The van der Waals surface area contributed by atoms with Crippen molar-refractivity contribution in [2.75, 3.05) is 6.54 Å². The zero-order valence-corrected chi connectivity index (χ0v) is 8.14. The first-order valence-electron chi connectivity index (χ1n) is 4.10. The lowest BCUT2D eigenvalue weighted by Crippen LogP contribution is -2.17. The van der Waals surface area contributed by atoms with Crippen LogP contribution in [0.1, 0.15) is 25.5 Å². The molecule has 12 heavy (non-hydrogen) atoms. The second-order valence-corrected chi connectivity index (χ2v) is 3.60. The molecule has 1 atom stereocenters. The Morgan fingerprint density at radius 1 is 1.50 bits per heavy atom. The highest BCUT2D eigenvalue weighted by Crippen LogP contribution is 2.26. The lowest BCUT2D eigenvalue weighted by Gasteiger charge is -2.15. The van der Waals surface area contributed by atoms with Crippen LogP contribution in [0.4, 0.5) is 0 Å². The maximum atomic E-state index is 5.66. The third-order valence-electron chi connectivity index (χ3n) is 2.02. The predicted octanol–water partition coefficient (Wildman–Crippen LogP) is 2.63. The predicted molar refractivity (Wildman–Crippen MR) is 50.4 cm³/mol. The summed E-state index contributed by atoms with van der Waals surface area (Å²) in [7, 11) is 0. The van der Waals surface area contributed by atoms with Crippen LogP contribution in [-0.4, -0.2) is 6.54 Å². The van der Waals surface area contributed by atoms with E-state index < -0.39 is 0 Å². The van der Waals surface area contributed by atoms with Crippen molar-refractivity contribution in [3.8, 4) is 0 Å². The first-order chi connectivity index (χ1) is 5.65. The average molecular weight is 188 g/mol. The van der Waals surface area contributed by atoms with Gasteiger partial charge < -0.3 is 10.2 Å². The zero-order valence-electron chi connectivity index (χ0n) is 7.38. The van der Waals surface area contributed by atoms with E-state index in [1.165, 1.54) is 0 Å². The number of hydrogen-bond donors (Lipinski definition) is 1. The van der Waals surface area contributed by atoms with Gasteiger partial charge in [-0.15, -0.1) is 0 Å². The number of hydrogen-bond acceptors (Lipinski definition) is 2. The van der Waals surface area contributed by atoms with Gasteiger partial charge in [0, 0.05) is 12.5 Å². The lowest BCUT2D eigenvalue weighted by atomic mass is 9.94. The molecule has 0 radical (unpaired) electrons. The van der Waals surface area contributed by atoms with Crippen molar-refractivity contribution < 1.29 is 4.42 Å². The molecule has 68 valence electrons. The van der Waals surface area contributed by atoms with Gasteiger partial charge in [-0.05, 0) is 29.7 Å². The molecule has 0 aliphatic rings. The molecule has 0 aromatic carbocycles. The summed E-state index contributed by atoms with van der Waals surface area (Å²) in [5.74, 6) is 1.65. The van der Waals surface area contributed by atoms with Crippen molar-refractivity contribution in [2.45, 2.75) is 19.8 Å². The smallest absolute Gasteiger partial charge is 0.193 e. The fourth-order valence-corrected chi connectivity index (χ4v) is 1.40. The van der Waals surface area contributed by atoms with Crippen LogP contribution in [-0.2, 0) is 0 Å². The van der Waals surface area contributed by atoms with Crippen molar-refractivity contribution in [3.63, 3.8) is 0 Å². The summed E-state index contributed by atoms with van der Waals surface area (Å²) in [6.45, 7) is 4.84. The SMILES string of the molecule is CC(C)C(CN)c1ccc(Cl)o1. The molecule has 0 spiro atoms. The fourth-order valence-electron chi connectivity index (χ4n) is 1.24. The first-order valence-corrected chi connectivity index (χ1v) is 4.48. The Kier molecular flexibility index (Phi) is 3.18. The largest absolute Gasteiger partial charge is 0.449 e. The second kappa shape index (κ2) is 3.97. The fraction of sp³-hybridized carbons (Fsp3) is 0.556. The minimum atomic E-state index is 0.275. The van der Waals surface area contributed by atoms with Crippen LogP contribution in [0.25, 0.3) is 0 Å². The third-order valence-corrected chi connectivity index (χ3v) is 2.22. The highest BCUT2D eigenvalue weighted by Gasteiger charge is 2.17. The normalized spacial score (nSPS) is 13.8. The van der Waals surface area contributed by atoms with Crippen molar-refractivity contribution in [1.29, 1.82) is 0 Å². The molecule has 0 aliphatic heterocycles. The van der Waals surface area contributed by atoms with E-state index in [4.69, 9.17) is 21.8 Å². The summed E-state index contributed by atoms with van der Waals surface area (Å²) in [5, 5.41) is 0.434. The highest BCUT2D eigenvalue weighted by atomic mass is 35.5. The van der Waals surface area contributed by atoms with Crippen LogP contribution >= 0.6 is 11.6 Å². The molecule has 3 heteroatoms. The van der Waals surface area contributed by atoms with Crippen LogP contribution in [0.5, 0.6) is 0 Å². The van der Waals surface area contributed by atoms with E-state index in [0.717, 1.165) is 5.76 Å².